The molecule has 3 aromatic rings. The minimum absolute atomic E-state index is 0.0735. The van der Waals surface area contributed by atoms with Gasteiger partial charge in [0, 0.05) is 12.3 Å². The van der Waals surface area contributed by atoms with Gasteiger partial charge in [-0.25, -0.2) is 4.98 Å². The lowest BCUT2D eigenvalue weighted by atomic mass is 9.89. The van der Waals surface area contributed by atoms with Crippen LogP contribution in [0, 0.1) is 11.3 Å². The van der Waals surface area contributed by atoms with E-state index >= 15 is 0 Å². The van der Waals surface area contributed by atoms with E-state index in [1.165, 1.54) is 0 Å². The molecule has 6 heteroatoms. The summed E-state index contributed by atoms with van der Waals surface area (Å²) >= 11 is 6.29. The molecule has 0 aliphatic carbocycles. The molecule has 4 rings (SSSR count). The number of imidazole rings is 1. The number of amides is 1. The van der Waals surface area contributed by atoms with Crippen LogP contribution in [-0.4, -0.2) is 15.5 Å². The highest BCUT2D eigenvalue weighted by atomic mass is 35.5. The van der Waals surface area contributed by atoms with Crippen LogP contribution in [0.1, 0.15) is 29.2 Å². The fraction of sp³-hybridized carbons (Fsp3) is 0.105. The topological polar surface area (TPSA) is 70.7 Å². The fourth-order valence-electron chi connectivity index (χ4n) is 3.10. The molecule has 5 nitrogen and oxygen atoms in total. The number of carbonyl (C=O) groups excluding carboxylic acids is 1. The summed E-state index contributed by atoms with van der Waals surface area (Å²) in [5, 5.41) is 12.4. The summed E-state index contributed by atoms with van der Waals surface area (Å²) in [6.45, 7) is 0. The minimum Gasteiger partial charge on any atom is -0.310 e. The Balaban J connectivity index is 1.81. The Morgan fingerprint density at radius 3 is 2.68 bits per heavy atom. The maximum Gasteiger partial charge on any atom is 0.226 e. The maximum absolute atomic E-state index is 12.3. The van der Waals surface area contributed by atoms with Crippen molar-refractivity contribution in [3.05, 3.63) is 76.7 Å². The molecule has 0 fully saturated rings. The highest BCUT2D eigenvalue weighted by Crippen LogP contribution is 2.38. The number of rotatable bonds is 2. The molecular weight excluding hydrogens is 336 g/mol. The van der Waals surface area contributed by atoms with Crippen LogP contribution in [0.3, 0.4) is 0 Å². The molecule has 0 radical (unpaired) electrons. The highest BCUT2D eigenvalue weighted by Gasteiger charge is 2.31. The quantitative estimate of drug-likeness (QED) is 0.764. The smallest absolute Gasteiger partial charge is 0.226 e. The van der Waals surface area contributed by atoms with Gasteiger partial charge in [0.05, 0.1) is 28.0 Å². The van der Waals surface area contributed by atoms with Crippen molar-refractivity contribution in [1.29, 1.82) is 5.26 Å². The number of hydrogen-bond acceptors (Lipinski definition) is 3. The Hall–Kier alpha value is -3.10. The van der Waals surface area contributed by atoms with E-state index in [0.29, 0.717) is 22.8 Å². The fourth-order valence-corrected chi connectivity index (χ4v) is 3.33. The van der Waals surface area contributed by atoms with Crippen LogP contribution in [0.2, 0.25) is 5.02 Å². The average Bonchev–Trinajstić information content (AvgIpc) is 3.05. The summed E-state index contributed by atoms with van der Waals surface area (Å²) in [6, 6.07) is 16.8. The zero-order valence-electron chi connectivity index (χ0n) is 13.1. The first-order valence-corrected chi connectivity index (χ1v) is 8.17. The lowest BCUT2D eigenvalue weighted by molar-refractivity contribution is -0.116. The van der Waals surface area contributed by atoms with Gasteiger partial charge >= 0.3 is 0 Å². The van der Waals surface area contributed by atoms with E-state index in [-0.39, 0.29) is 11.8 Å². The van der Waals surface area contributed by atoms with E-state index in [0.717, 1.165) is 16.9 Å². The third kappa shape index (κ3) is 2.67. The first-order chi connectivity index (χ1) is 12.2. The first kappa shape index (κ1) is 15.4. The van der Waals surface area contributed by atoms with E-state index in [1.54, 1.807) is 29.1 Å². The highest BCUT2D eigenvalue weighted by molar-refractivity contribution is 6.32. The second kappa shape index (κ2) is 6.08. The van der Waals surface area contributed by atoms with Crippen molar-refractivity contribution >= 4 is 23.3 Å². The number of carbonyl (C=O) groups is 1. The van der Waals surface area contributed by atoms with Crippen LogP contribution in [0.4, 0.5) is 5.82 Å². The van der Waals surface area contributed by atoms with Crippen LogP contribution in [0.15, 0.2) is 54.9 Å². The lowest BCUT2D eigenvalue weighted by Crippen LogP contribution is -2.24. The van der Waals surface area contributed by atoms with E-state index in [4.69, 9.17) is 16.9 Å². The number of benzene rings is 2. The van der Waals surface area contributed by atoms with Gasteiger partial charge < -0.3 is 5.32 Å². The molecule has 25 heavy (non-hydrogen) atoms. The van der Waals surface area contributed by atoms with Crippen molar-refractivity contribution in [2.45, 2.75) is 12.3 Å². The van der Waals surface area contributed by atoms with E-state index in [2.05, 4.69) is 16.4 Å². The van der Waals surface area contributed by atoms with E-state index in [9.17, 15) is 4.79 Å². The van der Waals surface area contributed by atoms with Gasteiger partial charge in [0.25, 0.3) is 0 Å². The Morgan fingerprint density at radius 2 is 1.96 bits per heavy atom. The monoisotopic (exact) mass is 348 g/mol. The molecule has 0 saturated carbocycles. The van der Waals surface area contributed by atoms with Crippen LogP contribution < -0.4 is 5.32 Å². The summed E-state index contributed by atoms with van der Waals surface area (Å²) in [7, 11) is 0. The van der Waals surface area contributed by atoms with Gasteiger partial charge in [0.2, 0.25) is 5.91 Å². The number of anilines is 1. The number of aromatic nitrogens is 2. The number of halogens is 1. The van der Waals surface area contributed by atoms with Crippen LogP contribution in [0.25, 0.3) is 5.69 Å². The van der Waals surface area contributed by atoms with Crippen LogP contribution in [0.5, 0.6) is 0 Å². The molecule has 1 aliphatic heterocycles. The third-order valence-electron chi connectivity index (χ3n) is 4.33. The molecular formula is C19H13ClN4O. The number of nitriles is 1. The van der Waals surface area contributed by atoms with Crippen molar-refractivity contribution in [1.82, 2.24) is 9.55 Å². The number of nitrogens with zero attached hydrogens (tertiary/aromatic N) is 3. The zero-order valence-corrected chi connectivity index (χ0v) is 13.9. The summed E-state index contributed by atoms with van der Waals surface area (Å²) in [4.78, 5) is 16.8. The van der Waals surface area contributed by atoms with Gasteiger partial charge in [0.15, 0.2) is 0 Å². The van der Waals surface area contributed by atoms with Gasteiger partial charge in [0.1, 0.15) is 12.1 Å². The summed E-state index contributed by atoms with van der Waals surface area (Å²) in [5.74, 6) is 0.412. The summed E-state index contributed by atoms with van der Waals surface area (Å²) in [5.41, 5.74) is 3.10. The Kier molecular flexibility index (Phi) is 3.75. The van der Waals surface area contributed by atoms with Crippen molar-refractivity contribution in [2.24, 2.45) is 0 Å². The molecule has 1 amide bonds. The van der Waals surface area contributed by atoms with Crippen LogP contribution >= 0.6 is 11.6 Å². The molecule has 1 aromatic heterocycles. The zero-order chi connectivity index (χ0) is 17.4. The third-order valence-corrected chi connectivity index (χ3v) is 4.65. The van der Waals surface area contributed by atoms with Crippen molar-refractivity contribution in [2.75, 3.05) is 5.32 Å². The maximum atomic E-state index is 12.3. The number of nitrogens with one attached hydrogen (secondary N) is 1. The molecule has 0 saturated heterocycles. The molecule has 2 heterocycles. The second-order valence-electron chi connectivity index (χ2n) is 5.84. The van der Waals surface area contributed by atoms with Gasteiger partial charge in [-0.3, -0.25) is 9.36 Å². The standard InChI is InChI=1S/C19H13ClN4O/c20-15-3-1-2-4-16(15)24-11-22-18-14(9-17(25)23-19(18)24)13-7-5-12(10-21)6-8-13/h1-8,11,14H,9H2,(H,23,25). The molecule has 1 aliphatic rings. The largest absolute Gasteiger partial charge is 0.310 e. The SMILES string of the molecule is N#Cc1ccc(C2CC(=O)Nc3c2ncn3-c2ccccc2Cl)cc1. The molecule has 1 atom stereocenters. The summed E-state index contributed by atoms with van der Waals surface area (Å²) in [6.07, 6.45) is 1.99. The summed E-state index contributed by atoms with van der Waals surface area (Å²) < 4.78 is 1.80. The first-order valence-electron chi connectivity index (χ1n) is 7.79. The Morgan fingerprint density at radius 1 is 1.20 bits per heavy atom. The molecule has 1 unspecified atom stereocenters. The molecule has 1 N–H and O–H groups in total. The Labute approximate surface area is 149 Å². The van der Waals surface area contributed by atoms with Crippen LogP contribution in [-0.2, 0) is 4.79 Å². The van der Waals surface area contributed by atoms with Gasteiger partial charge in [-0.15, -0.1) is 0 Å². The molecule has 0 spiro atoms. The normalized spacial score (nSPS) is 16.0. The molecule has 2 aromatic carbocycles. The minimum atomic E-state index is -0.153. The molecule has 122 valence electrons. The van der Waals surface area contributed by atoms with Crippen molar-refractivity contribution in [3.63, 3.8) is 0 Å². The van der Waals surface area contributed by atoms with Gasteiger partial charge in [-0.05, 0) is 29.8 Å². The lowest BCUT2D eigenvalue weighted by Gasteiger charge is -2.23. The predicted molar refractivity (Wildman–Crippen MR) is 94.8 cm³/mol. The van der Waals surface area contributed by atoms with Gasteiger partial charge in [-0.1, -0.05) is 35.9 Å². The Bertz CT molecular complexity index is 1000. The van der Waals surface area contributed by atoms with E-state index < -0.39 is 0 Å². The van der Waals surface area contributed by atoms with Crippen molar-refractivity contribution in [3.8, 4) is 11.8 Å². The van der Waals surface area contributed by atoms with Gasteiger partial charge in [-0.2, -0.15) is 5.26 Å². The predicted octanol–water partition coefficient (Wildman–Crippen LogP) is 3.87. The van der Waals surface area contributed by atoms with Crippen molar-refractivity contribution < 1.29 is 4.79 Å². The number of hydrogen-bond donors (Lipinski definition) is 1. The number of fused-ring (bicyclic) bond motifs is 1. The van der Waals surface area contributed by atoms with E-state index in [1.807, 2.05) is 30.3 Å². The average molecular weight is 349 g/mol. The number of para-hydroxylation sites is 1. The molecule has 0 bridgehead atoms. The second-order valence-corrected chi connectivity index (χ2v) is 6.25.